The molecule has 0 unspecified atom stereocenters. The number of rotatable bonds is 3. The van der Waals surface area contributed by atoms with E-state index >= 15 is 0 Å². The number of hydrogen-bond donors (Lipinski definition) is 2. The Labute approximate surface area is 125 Å². The predicted octanol–water partition coefficient (Wildman–Crippen LogP) is 1.19. The van der Waals surface area contributed by atoms with Gasteiger partial charge in [-0.25, -0.2) is 0 Å². The fourth-order valence-electron chi connectivity index (χ4n) is 3.05. The second-order valence-corrected chi connectivity index (χ2v) is 5.85. The first-order chi connectivity index (χ1) is 9.99. The summed E-state index contributed by atoms with van der Waals surface area (Å²) in [6, 6.07) is 5.28. The molecular formula is C16H24N2O3. The lowest BCUT2D eigenvalue weighted by atomic mass is 9.95. The molecule has 116 valence electrons. The Kier molecular flexibility index (Phi) is 4.73. The molecule has 1 aliphatic rings. The number of nitrogens with zero attached hydrogens (tertiary/aromatic N) is 1. The molecule has 1 amide bonds. The number of nitrogens with one attached hydrogen (secondary N) is 1. The van der Waals surface area contributed by atoms with Crippen molar-refractivity contribution < 1.29 is 14.6 Å². The number of amides is 1. The molecule has 1 aromatic carbocycles. The number of hydrogen-bond acceptors (Lipinski definition) is 4. The van der Waals surface area contributed by atoms with Crippen LogP contribution in [-0.4, -0.2) is 43.9 Å². The standard InChI is InChI=1S/C16H24N2O3/c1-10(2)15-16(20)17-11(9-19)8-12-13(18(15)3)6-5-7-14(12)21-4/h5-7,10-11,15,19H,8-9H2,1-4H3,(H,17,20)/t11-,15+/m1/s1. The SMILES string of the molecule is COc1cccc2c1C[C@H](CO)NC(=O)[C@H](C(C)C)N2C. The highest BCUT2D eigenvalue weighted by molar-refractivity contribution is 5.87. The van der Waals surface area contributed by atoms with Gasteiger partial charge in [-0.3, -0.25) is 4.79 Å². The van der Waals surface area contributed by atoms with E-state index in [9.17, 15) is 9.90 Å². The van der Waals surface area contributed by atoms with Crippen LogP contribution in [0.1, 0.15) is 19.4 Å². The Morgan fingerprint density at radius 2 is 2.19 bits per heavy atom. The van der Waals surface area contributed by atoms with E-state index in [4.69, 9.17) is 4.74 Å². The first kappa shape index (κ1) is 15.6. The molecule has 1 heterocycles. The molecule has 1 aliphatic heterocycles. The molecule has 0 fully saturated rings. The van der Waals surface area contributed by atoms with Crippen LogP contribution in [0.5, 0.6) is 5.75 Å². The van der Waals surface area contributed by atoms with Crippen LogP contribution in [0.2, 0.25) is 0 Å². The van der Waals surface area contributed by atoms with Crippen LogP contribution in [-0.2, 0) is 11.2 Å². The van der Waals surface area contributed by atoms with Gasteiger partial charge in [0.2, 0.25) is 5.91 Å². The minimum absolute atomic E-state index is 0.0416. The van der Waals surface area contributed by atoms with E-state index in [1.807, 2.05) is 44.0 Å². The van der Waals surface area contributed by atoms with E-state index in [2.05, 4.69) is 5.32 Å². The molecule has 1 aromatic rings. The number of carbonyl (C=O) groups is 1. The Bertz CT molecular complexity index is 516. The second kappa shape index (κ2) is 6.35. The van der Waals surface area contributed by atoms with Gasteiger partial charge < -0.3 is 20.1 Å². The molecule has 2 rings (SSSR count). The van der Waals surface area contributed by atoms with Gasteiger partial charge in [-0.05, 0) is 18.1 Å². The number of likely N-dealkylation sites (N-methyl/N-ethyl adjacent to an activating group) is 1. The van der Waals surface area contributed by atoms with Crippen molar-refractivity contribution in [3.8, 4) is 5.75 Å². The Hall–Kier alpha value is -1.75. The van der Waals surface area contributed by atoms with Crippen molar-refractivity contribution in [1.29, 1.82) is 0 Å². The average Bonchev–Trinajstić information content (AvgIpc) is 2.44. The van der Waals surface area contributed by atoms with Crippen molar-refractivity contribution in [1.82, 2.24) is 5.32 Å². The zero-order valence-corrected chi connectivity index (χ0v) is 13.1. The van der Waals surface area contributed by atoms with Gasteiger partial charge in [-0.15, -0.1) is 0 Å². The highest BCUT2D eigenvalue weighted by atomic mass is 16.5. The number of benzene rings is 1. The third kappa shape index (κ3) is 2.97. The van der Waals surface area contributed by atoms with Gasteiger partial charge in [-0.1, -0.05) is 19.9 Å². The van der Waals surface area contributed by atoms with Crippen molar-refractivity contribution >= 4 is 11.6 Å². The summed E-state index contributed by atoms with van der Waals surface area (Å²) in [5.41, 5.74) is 2.01. The number of aliphatic hydroxyl groups is 1. The quantitative estimate of drug-likeness (QED) is 0.878. The van der Waals surface area contributed by atoms with E-state index in [1.165, 1.54) is 0 Å². The van der Waals surface area contributed by atoms with Gasteiger partial charge in [0.05, 0.1) is 19.8 Å². The van der Waals surface area contributed by atoms with E-state index in [0.717, 1.165) is 17.0 Å². The maximum absolute atomic E-state index is 12.5. The smallest absolute Gasteiger partial charge is 0.243 e. The first-order valence-corrected chi connectivity index (χ1v) is 7.29. The molecule has 0 saturated heterocycles. The molecule has 5 nitrogen and oxygen atoms in total. The van der Waals surface area contributed by atoms with Crippen LogP contribution in [0, 0.1) is 5.92 Å². The number of carbonyl (C=O) groups excluding carboxylic acids is 1. The monoisotopic (exact) mass is 292 g/mol. The van der Waals surface area contributed by atoms with Crippen molar-refractivity contribution in [2.75, 3.05) is 25.7 Å². The number of fused-ring (bicyclic) bond motifs is 1. The highest BCUT2D eigenvalue weighted by Crippen LogP contribution is 2.33. The summed E-state index contributed by atoms with van der Waals surface area (Å²) in [6.07, 6.45) is 0.552. The van der Waals surface area contributed by atoms with E-state index < -0.39 is 0 Å². The fourth-order valence-corrected chi connectivity index (χ4v) is 3.05. The summed E-state index contributed by atoms with van der Waals surface area (Å²) in [6.45, 7) is 3.96. The topological polar surface area (TPSA) is 61.8 Å². The Balaban J connectivity index is 2.55. The van der Waals surface area contributed by atoms with Crippen molar-refractivity contribution in [3.05, 3.63) is 23.8 Å². The minimum Gasteiger partial charge on any atom is -0.496 e. The zero-order valence-electron chi connectivity index (χ0n) is 13.1. The molecule has 0 aromatic heterocycles. The normalized spacial score (nSPS) is 22.4. The van der Waals surface area contributed by atoms with Crippen LogP contribution in [0.25, 0.3) is 0 Å². The minimum atomic E-state index is -0.289. The maximum Gasteiger partial charge on any atom is 0.243 e. The van der Waals surface area contributed by atoms with Crippen LogP contribution in [0.4, 0.5) is 5.69 Å². The van der Waals surface area contributed by atoms with Crippen LogP contribution >= 0.6 is 0 Å². The van der Waals surface area contributed by atoms with Crippen molar-refractivity contribution in [2.24, 2.45) is 5.92 Å². The summed E-state index contributed by atoms with van der Waals surface area (Å²) >= 11 is 0. The van der Waals surface area contributed by atoms with Gasteiger partial charge in [0.25, 0.3) is 0 Å². The molecule has 2 atom stereocenters. The van der Waals surface area contributed by atoms with Crippen molar-refractivity contribution in [3.63, 3.8) is 0 Å². The maximum atomic E-state index is 12.5. The third-order valence-corrected chi connectivity index (χ3v) is 4.04. The van der Waals surface area contributed by atoms with Gasteiger partial charge in [-0.2, -0.15) is 0 Å². The summed E-state index contributed by atoms with van der Waals surface area (Å²) in [7, 11) is 3.57. The second-order valence-electron chi connectivity index (χ2n) is 5.85. The lowest BCUT2D eigenvalue weighted by Gasteiger charge is -2.37. The first-order valence-electron chi connectivity index (χ1n) is 7.29. The Morgan fingerprint density at radius 3 is 2.76 bits per heavy atom. The van der Waals surface area contributed by atoms with Crippen LogP contribution in [0.3, 0.4) is 0 Å². The van der Waals surface area contributed by atoms with Crippen molar-refractivity contribution in [2.45, 2.75) is 32.4 Å². The number of methoxy groups -OCH3 is 1. The number of anilines is 1. The molecule has 0 radical (unpaired) electrons. The lowest BCUT2D eigenvalue weighted by molar-refractivity contribution is -0.124. The number of aliphatic hydroxyl groups excluding tert-OH is 1. The number of ether oxygens (including phenoxy) is 1. The molecule has 0 bridgehead atoms. The van der Waals surface area contributed by atoms with Crippen LogP contribution in [0.15, 0.2) is 18.2 Å². The summed E-state index contributed by atoms with van der Waals surface area (Å²) in [5, 5.41) is 12.5. The fraction of sp³-hybridized carbons (Fsp3) is 0.562. The van der Waals surface area contributed by atoms with Gasteiger partial charge in [0.15, 0.2) is 0 Å². The third-order valence-electron chi connectivity index (χ3n) is 4.04. The Morgan fingerprint density at radius 1 is 1.48 bits per heavy atom. The zero-order chi connectivity index (χ0) is 15.6. The van der Waals surface area contributed by atoms with E-state index in [-0.39, 0.29) is 30.5 Å². The molecule has 5 heteroatoms. The molecule has 0 saturated carbocycles. The molecular weight excluding hydrogens is 268 g/mol. The lowest BCUT2D eigenvalue weighted by Crippen LogP contribution is -2.54. The van der Waals surface area contributed by atoms with Gasteiger partial charge in [0, 0.05) is 24.7 Å². The molecule has 21 heavy (non-hydrogen) atoms. The van der Waals surface area contributed by atoms with Crippen LogP contribution < -0.4 is 15.0 Å². The highest BCUT2D eigenvalue weighted by Gasteiger charge is 2.33. The summed E-state index contributed by atoms with van der Waals surface area (Å²) in [5.74, 6) is 0.906. The molecule has 2 N–H and O–H groups in total. The summed E-state index contributed by atoms with van der Waals surface area (Å²) < 4.78 is 5.45. The van der Waals surface area contributed by atoms with Gasteiger partial charge >= 0.3 is 0 Å². The van der Waals surface area contributed by atoms with Gasteiger partial charge in [0.1, 0.15) is 11.8 Å². The predicted molar refractivity (Wildman–Crippen MR) is 82.7 cm³/mol. The van der Waals surface area contributed by atoms with E-state index in [1.54, 1.807) is 7.11 Å². The molecule has 0 aliphatic carbocycles. The summed E-state index contributed by atoms with van der Waals surface area (Å²) in [4.78, 5) is 14.5. The average molecular weight is 292 g/mol. The van der Waals surface area contributed by atoms with E-state index in [0.29, 0.717) is 6.42 Å². The molecule has 0 spiro atoms. The largest absolute Gasteiger partial charge is 0.496 e.